The summed E-state index contributed by atoms with van der Waals surface area (Å²) >= 11 is 5.70. The summed E-state index contributed by atoms with van der Waals surface area (Å²) in [5.41, 5.74) is -1.23. The Morgan fingerprint density at radius 2 is 2.11 bits per heavy atom. The van der Waals surface area contributed by atoms with Crippen LogP contribution in [0, 0.1) is 28.0 Å². The molecular formula is C15H15ClFNO. The van der Waals surface area contributed by atoms with Gasteiger partial charge in [0.05, 0.1) is 6.07 Å². The van der Waals surface area contributed by atoms with E-state index in [1.54, 1.807) is 12.1 Å². The van der Waals surface area contributed by atoms with Crippen molar-refractivity contribution in [3.63, 3.8) is 0 Å². The van der Waals surface area contributed by atoms with Crippen LogP contribution in [0.15, 0.2) is 18.2 Å². The molecular weight excluding hydrogens is 265 g/mol. The second-order valence-electron chi connectivity index (χ2n) is 5.82. The van der Waals surface area contributed by atoms with Crippen molar-refractivity contribution in [2.24, 2.45) is 10.8 Å². The molecule has 1 fully saturated rings. The van der Waals surface area contributed by atoms with E-state index in [1.807, 2.05) is 13.8 Å². The molecule has 0 spiro atoms. The molecule has 4 heteroatoms. The largest absolute Gasteiger partial charge is 0.297 e. The fourth-order valence-electron chi connectivity index (χ4n) is 2.71. The minimum atomic E-state index is -1.10. The molecule has 1 aliphatic rings. The van der Waals surface area contributed by atoms with Crippen LogP contribution in [0.4, 0.5) is 4.39 Å². The first-order chi connectivity index (χ1) is 8.81. The Bertz CT molecular complexity index is 576. The first kappa shape index (κ1) is 14.0. The molecule has 0 amide bonds. The molecule has 0 radical (unpaired) electrons. The lowest BCUT2D eigenvalue weighted by Crippen LogP contribution is -2.33. The summed E-state index contributed by atoms with van der Waals surface area (Å²) < 4.78 is 13.8. The van der Waals surface area contributed by atoms with Crippen LogP contribution >= 0.6 is 11.6 Å². The lowest BCUT2D eigenvalue weighted by Gasteiger charge is -2.22. The van der Waals surface area contributed by atoms with Crippen LogP contribution in [0.25, 0.3) is 0 Å². The number of hydrogen-bond donors (Lipinski definition) is 0. The van der Waals surface area contributed by atoms with E-state index in [-0.39, 0.29) is 12.2 Å². The standard InChI is InChI=1S/C15H15ClFNO/c1-14(2)5-6-15(9-18,13(14)19)8-10-3-4-11(16)7-12(10)17/h3-4,7H,5-6,8H2,1-2H3. The van der Waals surface area contributed by atoms with E-state index in [2.05, 4.69) is 6.07 Å². The molecule has 2 nitrogen and oxygen atoms in total. The number of rotatable bonds is 2. The number of halogens is 2. The van der Waals surface area contributed by atoms with Gasteiger partial charge in [0.2, 0.25) is 0 Å². The van der Waals surface area contributed by atoms with Crippen molar-refractivity contribution in [1.29, 1.82) is 5.26 Å². The lowest BCUT2D eigenvalue weighted by molar-refractivity contribution is -0.130. The van der Waals surface area contributed by atoms with Gasteiger partial charge in [-0.05, 0) is 30.5 Å². The van der Waals surface area contributed by atoms with E-state index in [9.17, 15) is 14.4 Å². The molecule has 1 aromatic rings. The monoisotopic (exact) mass is 279 g/mol. The topological polar surface area (TPSA) is 40.9 Å². The lowest BCUT2D eigenvalue weighted by atomic mass is 9.77. The van der Waals surface area contributed by atoms with Crippen LogP contribution in [0.3, 0.4) is 0 Å². The van der Waals surface area contributed by atoms with Gasteiger partial charge in [0.25, 0.3) is 0 Å². The molecule has 0 aromatic heterocycles. The Morgan fingerprint density at radius 1 is 1.42 bits per heavy atom. The highest BCUT2D eigenvalue weighted by Crippen LogP contribution is 2.47. The molecule has 0 N–H and O–H groups in total. The Kier molecular flexibility index (Phi) is 3.40. The van der Waals surface area contributed by atoms with E-state index in [0.29, 0.717) is 23.4 Å². The zero-order valence-corrected chi connectivity index (χ0v) is 11.7. The van der Waals surface area contributed by atoms with Gasteiger partial charge in [0.15, 0.2) is 5.78 Å². The van der Waals surface area contributed by atoms with Crippen molar-refractivity contribution in [2.45, 2.75) is 33.1 Å². The molecule has 0 aliphatic heterocycles. The van der Waals surface area contributed by atoms with Gasteiger partial charge in [-0.3, -0.25) is 4.79 Å². The molecule has 0 saturated heterocycles. The second kappa shape index (κ2) is 4.61. The number of Topliss-reactive ketones (excluding diaryl/α,β-unsaturated/α-hetero) is 1. The van der Waals surface area contributed by atoms with Gasteiger partial charge in [0.1, 0.15) is 11.2 Å². The average Bonchev–Trinajstić information content (AvgIpc) is 2.57. The van der Waals surface area contributed by atoms with Crippen molar-refractivity contribution in [2.75, 3.05) is 0 Å². The predicted octanol–water partition coefficient (Wildman–Crippen LogP) is 3.92. The summed E-state index contributed by atoms with van der Waals surface area (Å²) in [6.45, 7) is 3.68. The summed E-state index contributed by atoms with van der Waals surface area (Å²) in [5.74, 6) is -0.545. The molecule has 1 atom stereocenters. The molecule has 1 aromatic carbocycles. The van der Waals surface area contributed by atoms with Crippen molar-refractivity contribution in [3.05, 3.63) is 34.6 Å². The maximum Gasteiger partial charge on any atom is 0.158 e. The highest BCUT2D eigenvalue weighted by molar-refractivity contribution is 6.30. The molecule has 2 rings (SSSR count). The van der Waals surface area contributed by atoms with Crippen LogP contribution in [-0.4, -0.2) is 5.78 Å². The van der Waals surface area contributed by atoms with Gasteiger partial charge in [-0.2, -0.15) is 5.26 Å². The normalized spacial score (nSPS) is 25.3. The van der Waals surface area contributed by atoms with Crippen LogP contribution < -0.4 is 0 Å². The summed E-state index contributed by atoms with van der Waals surface area (Å²) in [5, 5.41) is 9.72. The van der Waals surface area contributed by atoms with Crippen molar-refractivity contribution >= 4 is 17.4 Å². The number of benzene rings is 1. The Labute approximate surface area is 117 Å². The van der Waals surface area contributed by atoms with E-state index >= 15 is 0 Å². The van der Waals surface area contributed by atoms with Gasteiger partial charge in [-0.1, -0.05) is 31.5 Å². The number of carbonyl (C=O) groups excluding carboxylic acids is 1. The van der Waals surface area contributed by atoms with Gasteiger partial charge < -0.3 is 0 Å². The Balaban J connectivity index is 2.36. The quantitative estimate of drug-likeness (QED) is 0.823. The third-order valence-corrected chi connectivity index (χ3v) is 4.18. The minimum absolute atomic E-state index is 0.0862. The summed E-state index contributed by atoms with van der Waals surface area (Å²) in [6.07, 6.45) is 1.26. The molecule has 1 unspecified atom stereocenters. The van der Waals surface area contributed by atoms with Crippen LogP contribution in [0.5, 0.6) is 0 Å². The highest BCUT2D eigenvalue weighted by atomic mass is 35.5. The van der Waals surface area contributed by atoms with E-state index in [4.69, 9.17) is 11.6 Å². The van der Waals surface area contributed by atoms with Gasteiger partial charge in [-0.25, -0.2) is 4.39 Å². The van der Waals surface area contributed by atoms with E-state index in [0.717, 1.165) is 0 Å². The molecule has 100 valence electrons. The summed E-state index contributed by atoms with van der Waals surface area (Å²) in [6, 6.07) is 6.47. The van der Waals surface area contributed by atoms with Gasteiger partial charge in [-0.15, -0.1) is 0 Å². The first-order valence-electron chi connectivity index (χ1n) is 6.21. The second-order valence-corrected chi connectivity index (χ2v) is 6.26. The molecule has 1 aliphatic carbocycles. The van der Waals surface area contributed by atoms with Crippen molar-refractivity contribution in [3.8, 4) is 6.07 Å². The minimum Gasteiger partial charge on any atom is -0.297 e. The van der Waals surface area contributed by atoms with Crippen molar-refractivity contribution in [1.82, 2.24) is 0 Å². The predicted molar refractivity (Wildman–Crippen MR) is 71.2 cm³/mol. The number of carbonyl (C=O) groups is 1. The summed E-state index contributed by atoms with van der Waals surface area (Å²) in [4.78, 5) is 12.4. The van der Waals surface area contributed by atoms with Crippen LogP contribution in [0.2, 0.25) is 5.02 Å². The fraction of sp³-hybridized carbons (Fsp3) is 0.467. The smallest absolute Gasteiger partial charge is 0.158 e. The van der Waals surface area contributed by atoms with Gasteiger partial charge in [0, 0.05) is 16.9 Å². The fourth-order valence-corrected chi connectivity index (χ4v) is 2.86. The Hall–Kier alpha value is -1.40. The summed E-state index contributed by atoms with van der Waals surface area (Å²) in [7, 11) is 0. The first-order valence-corrected chi connectivity index (χ1v) is 6.59. The molecule has 1 saturated carbocycles. The Morgan fingerprint density at radius 3 is 2.58 bits per heavy atom. The third kappa shape index (κ3) is 2.37. The number of ketones is 1. The van der Waals surface area contributed by atoms with Crippen molar-refractivity contribution < 1.29 is 9.18 Å². The third-order valence-electron chi connectivity index (χ3n) is 3.95. The van der Waals surface area contributed by atoms with Crippen LogP contribution in [0.1, 0.15) is 32.3 Å². The number of hydrogen-bond acceptors (Lipinski definition) is 2. The van der Waals surface area contributed by atoms with Crippen LogP contribution in [-0.2, 0) is 11.2 Å². The molecule has 0 bridgehead atoms. The number of nitrogens with zero attached hydrogens (tertiary/aromatic N) is 1. The maximum atomic E-state index is 13.8. The highest BCUT2D eigenvalue weighted by Gasteiger charge is 2.52. The number of nitriles is 1. The zero-order valence-electron chi connectivity index (χ0n) is 11.0. The maximum absolute atomic E-state index is 13.8. The molecule has 19 heavy (non-hydrogen) atoms. The zero-order chi connectivity index (χ0) is 14.3. The average molecular weight is 280 g/mol. The van der Waals surface area contributed by atoms with E-state index in [1.165, 1.54) is 6.07 Å². The van der Waals surface area contributed by atoms with Gasteiger partial charge >= 0.3 is 0 Å². The molecule has 0 heterocycles. The SMILES string of the molecule is CC1(C)CCC(C#N)(Cc2ccc(Cl)cc2F)C1=O. The van der Waals surface area contributed by atoms with E-state index < -0.39 is 16.6 Å².